The maximum atomic E-state index is 14.1. The largest absolute Gasteiger partial charge is 0.351 e. The molecule has 0 fully saturated rings. The highest BCUT2D eigenvalue weighted by molar-refractivity contribution is 7.54. The van der Waals surface area contributed by atoms with Gasteiger partial charge < -0.3 is 9.05 Å². The smallest absolute Gasteiger partial charge is 0.303 e. The molecule has 0 saturated heterocycles. The van der Waals surface area contributed by atoms with E-state index in [4.69, 9.17) is 9.05 Å². The van der Waals surface area contributed by atoms with Gasteiger partial charge in [0.2, 0.25) is 0 Å². The van der Waals surface area contributed by atoms with Crippen molar-refractivity contribution in [2.75, 3.05) is 0 Å². The topological polar surface area (TPSA) is 58.7 Å². The molecule has 2 aromatic rings. The first-order valence-corrected chi connectivity index (χ1v) is 11.5. The van der Waals surface area contributed by atoms with Gasteiger partial charge in [-0.2, -0.15) is 0 Å². The van der Waals surface area contributed by atoms with Gasteiger partial charge in [-0.25, -0.2) is 0 Å². The molecule has 0 aliphatic heterocycles. The highest BCUT2D eigenvalue weighted by atomic mass is 31.2. The molecule has 1 atom stereocenters. The van der Waals surface area contributed by atoms with Crippen LogP contribution in [0.3, 0.4) is 0 Å². The summed E-state index contributed by atoms with van der Waals surface area (Å²) in [6.45, 7) is 11.3. The van der Waals surface area contributed by atoms with E-state index >= 15 is 0 Å². The van der Waals surface area contributed by atoms with Crippen molar-refractivity contribution in [3.63, 3.8) is 0 Å². The van der Waals surface area contributed by atoms with Crippen LogP contribution < -0.4 is 0 Å². The van der Waals surface area contributed by atoms with Crippen molar-refractivity contribution in [3.8, 4) is 0 Å². The van der Waals surface area contributed by atoms with E-state index in [2.05, 4.69) is 0 Å². The molecule has 0 N–H and O–H groups in total. The molecule has 29 heavy (non-hydrogen) atoms. The second-order valence-electron chi connectivity index (χ2n) is 9.29. The molecule has 1 unspecified atom stereocenters. The molecule has 159 valence electrons. The van der Waals surface area contributed by atoms with E-state index in [0.29, 0.717) is 0 Å². The van der Waals surface area contributed by atoms with Crippen molar-refractivity contribution in [3.05, 3.63) is 71.8 Å². The van der Waals surface area contributed by atoms with E-state index in [1.165, 1.54) is 0 Å². The van der Waals surface area contributed by atoms with Crippen LogP contribution in [0.4, 0.5) is 0 Å². The molecule has 0 bridgehead atoms. The first-order valence-electron chi connectivity index (χ1n) is 9.86. The summed E-state index contributed by atoms with van der Waals surface area (Å²) in [4.78, 5) is 0. The van der Waals surface area contributed by atoms with E-state index < -0.39 is 24.3 Å². The normalized spacial score (nSPS) is 14.2. The minimum Gasteiger partial charge on any atom is -0.303 e. The first kappa shape index (κ1) is 23.8. The lowest BCUT2D eigenvalue weighted by molar-refractivity contribution is -0.241. The predicted octanol–water partition coefficient (Wildman–Crippen LogP) is 6.43. The number of rotatable bonds is 8. The summed E-state index contributed by atoms with van der Waals surface area (Å²) in [7, 11) is -3.82. The van der Waals surface area contributed by atoms with Gasteiger partial charge in [0.05, 0.1) is 13.2 Å². The Morgan fingerprint density at radius 1 is 0.793 bits per heavy atom. The van der Waals surface area contributed by atoms with Gasteiger partial charge in [-0.15, -0.1) is 10.3 Å². The van der Waals surface area contributed by atoms with Gasteiger partial charge in [-0.05, 0) is 37.3 Å². The van der Waals surface area contributed by atoms with Crippen LogP contribution in [-0.4, -0.2) is 16.4 Å². The predicted molar refractivity (Wildman–Crippen MR) is 116 cm³/mol. The number of nitrogens with zero attached hydrogens (tertiary/aromatic N) is 1. The number of hydrogen-bond donors (Lipinski definition) is 0. The summed E-state index contributed by atoms with van der Waals surface area (Å²) >= 11 is 0. The Hall–Kier alpha value is -1.49. The number of hydrogen-bond acceptors (Lipinski definition) is 4. The Labute approximate surface area is 175 Å². The SMILES string of the molecule is CC(C)(C)C(N([O])C(C)(C)C)P(=O)(OCc1ccccc1)OCc1ccccc1. The lowest BCUT2D eigenvalue weighted by Gasteiger charge is -2.43. The summed E-state index contributed by atoms with van der Waals surface area (Å²) in [6, 6.07) is 19.0. The summed E-state index contributed by atoms with van der Waals surface area (Å²) in [5, 5.41) is 14.1. The molecular weight excluding hydrogens is 385 g/mol. The summed E-state index contributed by atoms with van der Waals surface area (Å²) in [5.74, 6) is -0.956. The van der Waals surface area contributed by atoms with Gasteiger partial charge in [-0.3, -0.25) is 4.57 Å². The molecule has 2 rings (SSSR count). The van der Waals surface area contributed by atoms with Crippen molar-refractivity contribution >= 4 is 7.60 Å². The van der Waals surface area contributed by atoms with Crippen LogP contribution in [-0.2, 0) is 32.0 Å². The van der Waals surface area contributed by atoms with E-state index in [0.717, 1.165) is 16.2 Å². The Morgan fingerprint density at radius 3 is 1.48 bits per heavy atom. The molecule has 0 spiro atoms. The van der Waals surface area contributed by atoms with Crippen molar-refractivity contribution in [2.24, 2.45) is 5.41 Å². The number of benzene rings is 2. The maximum Gasteiger partial charge on any atom is 0.351 e. The zero-order chi connectivity index (χ0) is 21.7. The molecule has 0 amide bonds. The lowest BCUT2D eigenvalue weighted by atomic mass is 9.94. The van der Waals surface area contributed by atoms with Gasteiger partial charge in [0.1, 0.15) is 5.78 Å². The van der Waals surface area contributed by atoms with Gasteiger partial charge in [0.15, 0.2) is 0 Å². The second kappa shape index (κ2) is 9.55. The van der Waals surface area contributed by atoms with Crippen LogP contribution >= 0.6 is 7.60 Å². The molecule has 2 aromatic carbocycles. The standard InChI is InChI=1S/C23H33NO4P/c1-22(2,3)21(24(25)23(4,5)6)29(26,27-17-19-13-9-7-10-14-19)28-18-20-15-11-8-12-16-20/h7-16,21H,17-18H2,1-6H3. The average molecular weight is 418 g/mol. The molecule has 0 aliphatic rings. The lowest BCUT2D eigenvalue weighted by Crippen LogP contribution is -2.50. The molecule has 0 aromatic heterocycles. The third-order valence-electron chi connectivity index (χ3n) is 4.47. The van der Waals surface area contributed by atoms with Gasteiger partial charge in [0.25, 0.3) is 0 Å². The van der Waals surface area contributed by atoms with Crippen molar-refractivity contribution < 1.29 is 18.8 Å². The fourth-order valence-corrected chi connectivity index (χ4v) is 5.54. The Bertz CT molecular complexity index is 750. The van der Waals surface area contributed by atoms with Crippen molar-refractivity contribution in [1.29, 1.82) is 0 Å². The quantitative estimate of drug-likeness (QED) is 0.366. The summed E-state index contributed by atoms with van der Waals surface area (Å²) in [5.41, 5.74) is 0.367. The van der Waals surface area contributed by atoms with E-state index in [1.807, 2.05) is 81.4 Å². The fraction of sp³-hybridized carbons (Fsp3) is 0.478. The van der Waals surface area contributed by atoms with Crippen LogP contribution in [0, 0.1) is 5.41 Å². The minimum atomic E-state index is -3.82. The monoisotopic (exact) mass is 418 g/mol. The van der Waals surface area contributed by atoms with Gasteiger partial charge in [0, 0.05) is 5.54 Å². The van der Waals surface area contributed by atoms with Crippen LogP contribution in [0.15, 0.2) is 60.7 Å². The first-order chi connectivity index (χ1) is 13.4. The Morgan fingerprint density at radius 2 is 1.17 bits per heavy atom. The molecule has 0 saturated carbocycles. The van der Waals surface area contributed by atoms with E-state index in [1.54, 1.807) is 20.8 Å². The highest BCUT2D eigenvalue weighted by Gasteiger charge is 2.51. The van der Waals surface area contributed by atoms with Crippen molar-refractivity contribution in [1.82, 2.24) is 5.06 Å². The van der Waals surface area contributed by atoms with Crippen LogP contribution in [0.25, 0.3) is 0 Å². The highest BCUT2D eigenvalue weighted by Crippen LogP contribution is 2.61. The maximum absolute atomic E-state index is 14.1. The van der Waals surface area contributed by atoms with Crippen LogP contribution in [0.2, 0.25) is 0 Å². The van der Waals surface area contributed by atoms with E-state index in [9.17, 15) is 9.77 Å². The zero-order valence-corrected chi connectivity index (χ0v) is 19.2. The molecule has 6 heteroatoms. The molecule has 5 nitrogen and oxygen atoms in total. The molecule has 0 heterocycles. The summed E-state index contributed by atoms with van der Waals surface area (Å²) in [6.07, 6.45) is 0. The summed E-state index contributed by atoms with van der Waals surface area (Å²) < 4.78 is 26.0. The van der Waals surface area contributed by atoms with Crippen molar-refractivity contribution in [2.45, 2.75) is 66.1 Å². The number of hydroxylamine groups is 2. The van der Waals surface area contributed by atoms with Crippen LogP contribution in [0.1, 0.15) is 52.7 Å². The molecule has 1 radical (unpaired) electrons. The second-order valence-corrected chi connectivity index (χ2v) is 11.4. The molecule has 0 aliphatic carbocycles. The Balaban J connectivity index is 2.37. The Kier molecular flexibility index (Phi) is 7.83. The molecular formula is C23H33NO4P. The third-order valence-corrected chi connectivity index (χ3v) is 7.03. The zero-order valence-electron chi connectivity index (χ0n) is 18.3. The van der Waals surface area contributed by atoms with Gasteiger partial charge >= 0.3 is 7.60 Å². The van der Waals surface area contributed by atoms with Gasteiger partial charge in [-0.1, -0.05) is 81.4 Å². The third kappa shape index (κ3) is 6.77. The van der Waals surface area contributed by atoms with E-state index in [-0.39, 0.29) is 13.2 Å². The minimum absolute atomic E-state index is 0.109. The fourth-order valence-electron chi connectivity index (χ4n) is 2.98. The van der Waals surface area contributed by atoms with Crippen LogP contribution in [0.5, 0.6) is 0 Å². The average Bonchev–Trinajstić information content (AvgIpc) is 2.65.